The van der Waals surface area contributed by atoms with Crippen molar-refractivity contribution >= 4 is 35.4 Å². The number of nitrogens with zero attached hydrogens (tertiary/aromatic N) is 1. The molecule has 0 saturated carbocycles. The number of hydrogen-bond acceptors (Lipinski definition) is 6. The highest BCUT2D eigenvalue weighted by Crippen LogP contribution is 2.27. The van der Waals surface area contributed by atoms with E-state index in [1.807, 2.05) is 19.9 Å². The van der Waals surface area contributed by atoms with Crippen LogP contribution < -0.4 is 10.6 Å². The summed E-state index contributed by atoms with van der Waals surface area (Å²) in [6.45, 7) is 6.40. The summed E-state index contributed by atoms with van der Waals surface area (Å²) in [5, 5.41) is 4.60. The zero-order valence-electron chi connectivity index (χ0n) is 18.8. The van der Waals surface area contributed by atoms with Gasteiger partial charge in [0.25, 0.3) is 17.7 Å². The summed E-state index contributed by atoms with van der Waals surface area (Å²) in [5.41, 5.74) is 2.96. The maximum Gasteiger partial charge on any atom is 0.330 e. The van der Waals surface area contributed by atoms with Gasteiger partial charge >= 0.3 is 12.0 Å². The molecule has 0 radical (unpaired) electrons. The summed E-state index contributed by atoms with van der Waals surface area (Å²) in [4.78, 5) is 63.2. The molecular formula is C24H25N3O6. The van der Waals surface area contributed by atoms with Crippen molar-refractivity contribution in [2.24, 2.45) is 5.92 Å². The van der Waals surface area contributed by atoms with Crippen molar-refractivity contribution in [2.45, 2.75) is 33.7 Å². The molecule has 0 unspecified atom stereocenters. The van der Waals surface area contributed by atoms with E-state index in [-0.39, 0.29) is 11.1 Å². The van der Waals surface area contributed by atoms with Crippen molar-refractivity contribution in [2.75, 3.05) is 11.9 Å². The minimum absolute atomic E-state index is 0.210. The van der Waals surface area contributed by atoms with Gasteiger partial charge in [-0.25, -0.2) is 9.59 Å². The summed E-state index contributed by atoms with van der Waals surface area (Å²) in [7, 11) is 0. The predicted octanol–water partition coefficient (Wildman–Crippen LogP) is 2.82. The van der Waals surface area contributed by atoms with E-state index >= 15 is 0 Å². The van der Waals surface area contributed by atoms with Crippen LogP contribution in [0.1, 0.15) is 45.7 Å². The number of imide groups is 2. The van der Waals surface area contributed by atoms with Crippen LogP contribution in [0.15, 0.2) is 42.5 Å². The Hall–Kier alpha value is -4.01. The maximum absolute atomic E-state index is 12.7. The van der Waals surface area contributed by atoms with Gasteiger partial charge in [-0.15, -0.1) is 0 Å². The number of amides is 5. The second-order valence-electron chi connectivity index (χ2n) is 8.12. The zero-order valence-corrected chi connectivity index (χ0v) is 18.8. The van der Waals surface area contributed by atoms with Gasteiger partial charge in [-0.3, -0.25) is 24.6 Å². The lowest BCUT2D eigenvalue weighted by Crippen LogP contribution is -2.49. The van der Waals surface area contributed by atoms with Crippen molar-refractivity contribution in [3.63, 3.8) is 0 Å². The van der Waals surface area contributed by atoms with Crippen molar-refractivity contribution < 1.29 is 28.7 Å². The molecule has 9 nitrogen and oxygen atoms in total. The number of urea groups is 1. The molecular weight excluding hydrogens is 426 g/mol. The first-order chi connectivity index (χ1) is 15.6. The number of carbonyl (C=O) groups is 5. The Morgan fingerprint density at radius 2 is 1.55 bits per heavy atom. The van der Waals surface area contributed by atoms with E-state index in [0.717, 1.165) is 16.0 Å². The van der Waals surface area contributed by atoms with Crippen LogP contribution >= 0.6 is 0 Å². The maximum atomic E-state index is 12.7. The molecule has 0 fully saturated rings. The van der Waals surface area contributed by atoms with Crippen LogP contribution in [0.25, 0.3) is 0 Å². The molecule has 2 aromatic carbocycles. The number of rotatable bonds is 6. The number of aryl methyl sites for hydroxylation is 2. The Bertz CT molecular complexity index is 1110. The molecule has 0 bridgehead atoms. The molecule has 0 saturated heterocycles. The summed E-state index contributed by atoms with van der Waals surface area (Å²) in [5.74, 6) is -3.42. The molecule has 0 aromatic heterocycles. The van der Waals surface area contributed by atoms with E-state index in [9.17, 15) is 24.0 Å². The van der Waals surface area contributed by atoms with Gasteiger partial charge in [0.05, 0.1) is 11.1 Å². The Labute approximate surface area is 191 Å². The predicted molar refractivity (Wildman–Crippen MR) is 120 cm³/mol. The second kappa shape index (κ2) is 9.64. The molecule has 1 aliphatic heterocycles. The molecule has 0 aliphatic carbocycles. The van der Waals surface area contributed by atoms with Crippen molar-refractivity contribution in [3.8, 4) is 0 Å². The first-order valence-corrected chi connectivity index (χ1v) is 10.4. The average Bonchev–Trinajstić information content (AvgIpc) is 3.00. The Morgan fingerprint density at radius 3 is 2.09 bits per heavy atom. The molecule has 1 heterocycles. The van der Waals surface area contributed by atoms with E-state index < -0.39 is 48.3 Å². The van der Waals surface area contributed by atoms with Gasteiger partial charge in [-0.1, -0.05) is 32.0 Å². The minimum atomic E-state index is -1.21. The lowest BCUT2D eigenvalue weighted by atomic mass is 10.0. The van der Waals surface area contributed by atoms with Gasteiger partial charge in [-0.2, -0.15) is 0 Å². The smallest absolute Gasteiger partial charge is 0.330 e. The number of ether oxygens (including phenoxy) is 1. The van der Waals surface area contributed by atoms with Gasteiger partial charge in [0.2, 0.25) is 0 Å². The summed E-state index contributed by atoms with van der Waals surface area (Å²) in [6, 6.07) is 9.58. The standard InChI is InChI=1S/C24H25N3O6/c1-13(2)20(27-21(29)17-7-5-6-8-18(17)22(27)30)23(31)33-12-19(28)26-24(32)25-16-10-9-14(3)15(4)11-16/h5-11,13,20H,12H2,1-4H3,(H2,25,26,28,32)/t20-/m0/s1. The van der Waals surface area contributed by atoms with Crippen molar-refractivity contribution in [3.05, 3.63) is 64.7 Å². The molecule has 2 N–H and O–H groups in total. The van der Waals surface area contributed by atoms with E-state index in [0.29, 0.717) is 5.69 Å². The Balaban J connectivity index is 1.59. The number of nitrogens with one attached hydrogen (secondary N) is 2. The molecule has 0 spiro atoms. The number of anilines is 1. The Kier molecular flexibility index (Phi) is 6.91. The van der Waals surface area contributed by atoms with Crippen LogP contribution in [-0.2, 0) is 14.3 Å². The third-order valence-corrected chi connectivity index (χ3v) is 5.34. The van der Waals surface area contributed by atoms with Gasteiger partial charge in [0.15, 0.2) is 6.61 Å². The fourth-order valence-electron chi connectivity index (χ4n) is 3.50. The Morgan fingerprint density at radius 1 is 0.939 bits per heavy atom. The molecule has 9 heteroatoms. The van der Waals surface area contributed by atoms with Gasteiger partial charge in [0.1, 0.15) is 6.04 Å². The number of fused-ring (bicyclic) bond motifs is 1. The molecule has 5 amide bonds. The highest BCUT2D eigenvalue weighted by Gasteiger charge is 2.44. The summed E-state index contributed by atoms with van der Waals surface area (Å²) in [6.07, 6.45) is 0. The lowest BCUT2D eigenvalue weighted by Gasteiger charge is -2.27. The summed E-state index contributed by atoms with van der Waals surface area (Å²) >= 11 is 0. The third-order valence-electron chi connectivity index (χ3n) is 5.34. The molecule has 3 rings (SSSR count). The SMILES string of the molecule is Cc1ccc(NC(=O)NC(=O)COC(=O)[C@H](C(C)C)N2C(=O)c3ccccc3C2=O)cc1C. The van der Waals surface area contributed by atoms with E-state index in [1.54, 1.807) is 38.1 Å². The van der Waals surface area contributed by atoms with Crippen molar-refractivity contribution in [1.82, 2.24) is 10.2 Å². The highest BCUT2D eigenvalue weighted by atomic mass is 16.5. The lowest BCUT2D eigenvalue weighted by molar-refractivity contribution is -0.153. The summed E-state index contributed by atoms with van der Waals surface area (Å²) < 4.78 is 5.04. The van der Waals surface area contributed by atoms with Gasteiger partial charge < -0.3 is 10.1 Å². The van der Waals surface area contributed by atoms with E-state index in [2.05, 4.69) is 10.6 Å². The fraction of sp³-hybridized carbons (Fsp3) is 0.292. The van der Waals surface area contributed by atoms with E-state index in [4.69, 9.17) is 4.74 Å². The normalized spacial score (nSPS) is 13.5. The van der Waals surface area contributed by atoms with Crippen LogP contribution in [0.4, 0.5) is 10.5 Å². The van der Waals surface area contributed by atoms with Crippen LogP contribution in [0, 0.1) is 19.8 Å². The number of carbonyl (C=O) groups excluding carboxylic acids is 5. The third kappa shape index (κ3) is 5.08. The average molecular weight is 451 g/mol. The van der Waals surface area contributed by atoms with Crippen LogP contribution in [0.5, 0.6) is 0 Å². The zero-order chi connectivity index (χ0) is 24.3. The minimum Gasteiger partial charge on any atom is -0.454 e. The first-order valence-electron chi connectivity index (χ1n) is 10.4. The largest absolute Gasteiger partial charge is 0.454 e. The number of esters is 1. The molecule has 1 aliphatic rings. The molecule has 172 valence electrons. The van der Waals surface area contributed by atoms with E-state index in [1.165, 1.54) is 12.1 Å². The quantitative estimate of drug-likeness (QED) is 0.514. The molecule has 2 aromatic rings. The van der Waals surface area contributed by atoms with Crippen LogP contribution in [0.2, 0.25) is 0 Å². The number of benzene rings is 2. The highest BCUT2D eigenvalue weighted by molar-refractivity contribution is 6.22. The first kappa shape index (κ1) is 23.6. The molecule has 1 atom stereocenters. The van der Waals surface area contributed by atoms with Gasteiger partial charge in [0, 0.05) is 5.69 Å². The van der Waals surface area contributed by atoms with Crippen LogP contribution in [0.3, 0.4) is 0 Å². The van der Waals surface area contributed by atoms with Gasteiger partial charge in [-0.05, 0) is 55.2 Å². The van der Waals surface area contributed by atoms with Crippen LogP contribution in [-0.4, -0.2) is 47.3 Å². The second-order valence-corrected chi connectivity index (χ2v) is 8.12. The molecule has 33 heavy (non-hydrogen) atoms. The monoisotopic (exact) mass is 451 g/mol. The fourth-order valence-corrected chi connectivity index (χ4v) is 3.50. The van der Waals surface area contributed by atoms with Crippen molar-refractivity contribution in [1.29, 1.82) is 0 Å². The number of hydrogen-bond donors (Lipinski definition) is 2. The topological polar surface area (TPSA) is 122 Å².